The summed E-state index contributed by atoms with van der Waals surface area (Å²) in [5.41, 5.74) is 5.15. The number of rotatable bonds is 2. The first kappa shape index (κ1) is 14.1. The zero-order valence-electron chi connectivity index (χ0n) is 13.7. The van der Waals surface area contributed by atoms with Crippen molar-refractivity contribution in [3.63, 3.8) is 0 Å². The minimum absolute atomic E-state index is 0.0605. The largest absolute Gasteiger partial charge is 0.497 e. The van der Waals surface area contributed by atoms with Crippen LogP contribution in [0.3, 0.4) is 0 Å². The summed E-state index contributed by atoms with van der Waals surface area (Å²) >= 11 is 0. The van der Waals surface area contributed by atoms with E-state index >= 15 is 0 Å². The van der Waals surface area contributed by atoms with Crippen LogP contribution in [0, 0.1) is 0 Å². The molecule has 2 atom stereocenters. The van der Waals surface area contributed by atoms with Crippen molar-refractivity contribution in [3.8, 4) is 5.75 Å². The molecule has 0 spiro atoms. The molecular weight excluding hydrogens is 300 g/mol. The normalized spacial score (nSPS) is 23.2. The summed E-state index contributed by atoms with van der Waals surface area (Å²) in [4.78, 5) is 6.11. The van der Waals surface area contributed by atoms with Crippen molar-refractivity contribution in [2.24, 2.45) is 0 Å². The van der Waals surface area contributed by atoms with Crippen LogP contribution in [-0.4, -0.2) is 30.1 Å². The van der Waals surface area contributed by atoms with Crippen LogP contribution >= 0.6 is 0 Å². The molecule has 2 unspecified atom stereocenters. The van der Waals surface area contributed by atoms with Gasteiger partial charge in [0.05, 0.1) is 19.8 Å². The SMILES string of the molecule is COc1ccc2[nH]c3c(c2c1)CCN1C3COC1c1ccccc1. The van der Waals surface area contributed by atoms with E-state index in [4.69, 9.17) is 9.47 Å². The molecule has 2 aliphatic rings. The molecule has 0 amide bonds. The first-order valence-electron chi connectivity index (χ1n) is 8.46. The van der Waals surface area contributed by atoms with E-state index in [0.717, 1.165) is 25.3 Å². The summed E-state index contributed by atoms with van der Waals surface area (Å²) < 4.78 is 11.6. The Morgan fingerprint density at radius 3 is 2.88 bits per heavy atom. The Hall–Kier alpha value is -2.30. The Kier molecular flexibility index (Phi) is 3.15. The van der Waals surface area contributed by atoms with Crippen molar-refractivity contribution in [1.82, 2.24) is 9.88 Å². The molecule has 5 rings (SSSR count). The molecule has 3 aromatic rings. The Morgan fingerprint density at radius 2 is 2.04 bits per heavy atom. The lowest BCUT2D eigenvalue weighted by Gasteiger charge is -2.32. The maximum Gasteiger partial charge on any atom is 0.137 e. The molecule has 0 aliphatic carbocycles. The number of hydrogen-bond donors (Lipinski definition) is 1. The summed E-state index contributed by atoms with van der Waals surface area (Å²) in [6.07, 6.45) is 1.09. The van der Waals surface area contributed by atoms with E-state index in [9.17, 15) is 0 Å². The summed E-state index contributed by atoms with van der Waals surface area (Å²) in [7, 11) is 1.72. The molecule has 1 saturated heterocycles. The van der Waals surface area contributed by atoms with Gasteiger partial charge in [0.25, 0.3) is 0 Å². The molecule has 24 heavy (non-hydrogen) atoms. The molecule has 0 radical (unpaired) electrons. The van der Waals surface area contributed by atoms with Crippen LogP contribution in [0.4, 0.5) is 0 Å². The van der Waals surface area contributed by atoms with Gasteiger partial charge in [-0.25, -0.2) is 0 Å². The van der Waals surface area contributed by atoms with Crippen LogP contribution in [0.25, 0.3) is 10.9 Å². The van der Waals surface area contributed by atoms with Crippen molar-refractivity contribution >= 4 is 10.9 Å². The second kappa shape index (κ2) is 5.36. The van der Waals surface area contributed by atoms with Crippen LogP contribution < -0.4 is 4.74 Å². The molecule has 3 heterocycles. The molecule has 1 fully saturated rings. The Balaban J connectivity index is 1.56. The molecule has 0 bridgehead atoms. The zero-order chi connectivity index (χ0) is 16.1. The lowest BCUT2D eigenvalue weighted by atomic mass is 9.97. The number of H-pyrrole nitrogens is 1. The highest BCUT2D eigenvalue weighted by Crippen LogP contribution is 2.44. The summed E-state index contributed by atoms with van der Waals surface area (Å²) in [5, 5.41) is 1.28. The van der Waals surface area contributed by atoms with Crippen molar-refractivity contribution in [3.05, 3.63) is 65.4 Å². The summed E-state index contributed by atoms with van der Waals surface area (Å²) in [6, 6.07) is 17.1. The maximum absolute atomic E-state index is 6.17. The number of aromatic amines is 1. The molecule has 2 aromatic carbocycles. The highest BCUT2D eigenvalue weighted by molar-refractivity contribution is 5.86. The molecule has 1 N–H and O–H groups in total. The third kappa shape index (κ3) is 2.00. The lowest BCUT2D eigenvalue weighted by molar-refractivity contribution is 0.0279. The van der Waals surface area contributed by atoms with Gasteiger partial charge in [-0.15, -0.1) is 0 Å². The fraction of sp³-hybridized carbons (Fsp3) is 0.300. The Bertz CT molecular complexity index is 887. The van der Waals surface area contributed by atoms with Gasteiger partial charge in [-0.3, -0.25) is 4.90 Å². The van der Waals surface area contributed by atoms with Crippen molar-refractivity contribution < 1.29 is 9.47 Å². The van der Waals surface area contributed by atoms with Gasteiger partial charge in [0.2, 0.25) is 0 Å². The van der Waals surface area contributed by atoms with Gasteiger partial charge < -0.3 is 14.5 Å². The number of methoxy groups -OCH3 is 1. The first-order valence-corrected chi connectivity index (χ1v) is 8.46. The average molecular weight is 320 g/mol. The van der Waals surface area contributed by atoms with Gasteiger partial charge in [0, 0.05) is 23.1 Å². The van der Waals surface area contributed by atoms with Crippen molar-refractivity contribution in [2.75, 3.05) is 20.3 Å². The van der Waals surface area contributed by atoms with Gasteiger partial charge in [-0.2, -0.15) is 0 Å². The lowest BCUT2D eigenvalue weighted by Crippen LogP contribution is -2.33. The van der Waals surface area contributed by atoms with Crippen LogP contribution in [0.15, 0.2) is 48.5 Å². The molecular formula is C20H20N2O2. The predicted molar refractivity (Wildman–Crippen MR) is 93.1 cm³/mol. The number of aromatic nitrogens is 1. The van der Waals surface area contributed by atoms with E-state index in [1.165, 1.54) is 27.7 Å². The fourth-order valence-electron chi connectivity index (χ4n) is 4.13. The van der Waals surface area contributed by atoms with Crippen LogP contribution in [0.1, 0.15) is 29.1 Å². The highest BCUT2D eigenvalue weighted by Gasteiger charge is 2.40. The number of nitrogens with zero attached hydrogens (tertiary/aromatic N) is 1. The van der Waals surface area contributed by atoms with Gasteiger partial charge in [0.15, 0.2) is 0 Å². The van der Waals surface area contributed by atoms with E-state index in [-0.39, 0.29) is 6.23 Å². The van der Waals surface area contributed by atoms with E-state index < -0.39 is 0 Å². The van der Waals surface area contributed by atoms with Crippen LogP contribution in [-0.2, 0) is 11.2 Å². The van der Waals surface area contributed by atoms with Crippen LogP contribution in [0.5, 0.6) is 5.75 Å². The number of fused-ring (bicyclic) bond motifs is 5. The standard InChI is InChI=1S/C20H20N2O2/c1-23-14-7-8-17-16(11-14)15-9-10-22-18(19(15)21-17)12-24-20(22)13-5-3-2-4-6-13/h2-8,11,18,20-21H,9-10,12H2,1H3. The minimum atomic E-state index is 0.0605. The number of benzene rings is 2. The van der Waals surface area contributed by atoms with Crippen LogP contribution in [0.2, 0.25) is 0 Å². The van der Waals surface area contributed by atoms with E-state index in [2.05, 4.69) is 52.3 Å². The van der Waals surface area contributed by atoms with Crippen molar-refractivity contribution in [2.45, 2.75) is 18.7 Å². The smallest absolute Gasteiger partial charge is 0.137 e. The average Bonchev–Trinajstić information content (AvgIpc) is 3.23. The van der Waals surface area contributed by atoms with Crippen molar-refractivity contribution in [1.29, 1.82) is 0 Å². The topological polar surface area (TPSA) is 37.5 Å². The second-order valence-corrected chi connectivity index (χ2v) is 6.53. The third-order valence-electron chi connectivity index (χ3n) is 5.30. The van der Waals surface area contributed by atoms with Gasteiger partial charge in [0.1, 0.15) is 12.0 Å². The summed E-state index contributed by atoms with van der Waals surface area (Å²) in [5.74, 6) is 0.913. The van der Waals surface area contributed by atoms with Gasteiger partial charge in [-0.05, 0) is 35.7 Å². The Labute approximate surface area is 141 Å². The molecule has 122 valence electrons. The maximum atomic E-state index is 6.17. The van der Waals surface area contributed by atoms with Gasteiger partial charge >= 0.3 is 0 Å². The molecule has 4 nitrogen and oxygen atoms in total. The monoisotopic (exact) mass is 320 g/mol. The number of nitrogens with one attached hydrogen (secondary N) is 1. The third-order valence-corrected chi connectivity index (χ3v) is 5.30. The molecule has 4 heteroatoms. The number of hydrogen-bond acceptors (Lipinski definition) is 3. The molecule has 2 aliphatic heterocycles. The van der Waals surface area contributed by atoms with E-state index in [1.807, 2.05) is 6.07 Å². The number of ether oxygens (including phenoxy) is 2. The molecule has 1 aromatic heterocycles. The zero-order valence-corrected chi connectivity index (χ0v) is 13.7. The highest BCUT2D eigenvalue weighted by atomic mass is 16.5. The fourth-order valence-corrected chi connectivity index (χ4v) is 4.13. The Morgan fingerprint density at radius 1 is 1.17 bits per heavy atom. The quantitative estimate of drug-likeness (QED) is 0.780. The first-order chi connectivity index (χ1) is 11.8. The predicted octanol–water partition coefficient (Wildman–Crippen LogP) is 3.80. The minimum Gasteiger partial charge on any atom is -0.497 e. The van der Waals surface area contributed by atoms with E-state index in [0.29, 0.717) is 6.04 Å². The second-order valence-electron chi connectivity index (χ2n) is 6.53. The molecule has 0 saturated carbocycles. The summed E-state index contributed by atoms with van der Waals surface area (Å²) in [6.45, 7) is 1.75. The van der Waals surface area contributed by atoms with Gasteiger partial charge in [-0.1, -0.05) is 30.3 Å². The van der Waals surface area contributed by atoms with E-state index in [1.54, 1.807) is 7.11 Å².